The van der Waals surface area contributed by atoms with Gasteiger partial charge in [0.05, 0.1) is 6.54 Å². The summed E-state index contributed by atoms with van der Waals surface area (Å²) < 4.78 is 13.3. The van der Waals surface area contributed by atoms with Crippen molar-refractivity contribution in [3.8, 4) is 0 Å². The van der Waals surface area contributed by atoms with Crippen LogP contribution in [0.1, 0.15) is 36.0 Å². The quantitative estimate of drug-likeness (QED) is 0.752. The summed E-state index contributed by atoms with van der Waals surface area (Å²) in [6.07, 6.45) is 1.83. The molecule has 0 aromatic heterocycles. The van der Waals surface area contributed by atoms with E-state index in [0.717, 1.165) is 24.0 Å². The van der Waals surface area contributed by atoms with E-state index in [0.29, 0.717) is 37.3 Å². The number of likely N-dealkylation sites (tertiary alicyclic amines) is 1. The Kier molecular flexibility index (Phi) is 6.39. The molecule has 1 spiro atoms. The molecule has 2 heterocycles. The number of oxime groups is 1. The molecule has 0 radical (unpaired) electrons. The predicted molar refractivity (Wildman–Crippen MR) is 118 cm³/mol. The SMILES string of the molecule is Cc1ccc(CNC(=O)C2=NOC3(CCCN(C(=O)NCc4cccc(F)c4)C3)C2)cc1. The molecule has 168 valence electrons. The lowest BCUT2D eigenvalue weighted by molar-refractivity contribution is -0.115. The van der Waals surface area contributed by atoms with Gasteiger partial charge in [-0.2, -0.15) is 0 Å². The minimum atomic E-state index is -0.676. The van der Waals surface area contributed by atoms with E-state index in [4.69, 9.17) is 4.84 Å². The number of amides is 3. The zero-order valence-corrected chi connectivity index (χ0v) is 18.1. The molecule has 8 heteroatoms. The standard InChI is InChI=1S/C24H27FN4O3/c1-17-6-8-18(9-7-17)14-26-22(30)21-13-24(32-28-21)10-3-11-29(16-24)23(31)27-15-19-4-2-5-20(25)12-19/h2,4-9,12H,3,10-11,13-16H2,1H3,(H,26,30)(H,27,31). The number of urea groups is 1. The van der Waals surface area contributed by atoms with Gasteiger partial charge in [-0.1, -0.05) is 47.1 Å². The van der Waals surface area contributed by atoms with Gasteiger partial charge < -0.3 is 20.4 Å². The number of nitrogens with one attached hydrogen (secondary N) is 2. The van der Waals surface area contributed by atoms with Crippen molar-refractivity contribution in [3.63, 3.8) is 0 Å². The van der Waals surface area contributed by atoms with Crippen LogP contribution in [0.3, 0.4) is 0 Å². The van der Waals surface area contributed by atoms with Crippen molar-refractivity contribution in [3.05, 3.63) is 71.0 Å². The second-order valence-corrected chi connectivity index (χ2v) is 8.47. The van der Waals surface area contributed by atoms with Crippen molar-refractivity contribution < 1.29 is 18.8 Å². The summed E-state index contributed by atoms with van der Waals surface area (Å²) in [6, 6.07) is 13.9. The zero-order chi connectivity index (χ0) is 22.6. The Balaban J connectivity index is 1.28. The molecule has 2 N–H and O–H groups in total. The largest absolute Gasteiger partial charge is 0.386 e. The van der Waals surface area contributed by atoms with Crippen molar-refractivity contribution in [1.82, 2.24) is 15.5 Å². The molecule has 2 aromatic carbocycles. The number of aryl methyl sites for hydroxylation is 1. The van der Waals surface area contributed by atoms with E-state index < -0.39 is 5.60 Å². The minimum Gasteiger partial charge on any atom is -0.386 e. The van der Waals surface area contributed by atoms with E-state index in [1.807, 2.05) is 31.2 Å². The lowest BCUT2D eigenvalue weighted by Crippen LogP contribution is -2.53. The van der Waals surface area contributed by atoms with Crippen molar-refractivity contribution in [2.24, 2.45) is 5.16 Å². The third-order valence-electron chi connectivity index (χ3n) is 5.83. The molecule has 4 rings (SSSR count). The number of carbonyl (C=O) groups is 2. The number of carbonyl (C=O) groups excluding carboxylic acids is 2. The maximum absolute atomic E-state index is 13.3. The number of hydrogen-bond donors (Lipinski definition) is 2. The van der Waals surface area contributed by atoms with Crippen LogP contribution in [0.25, 0.3) is 0 Å². The summed E-state index contributed by atoms with van der Waals surface area (Å²) in [5.41, 5.74) is 2.54. The maximum atomic E-state index is 13.3. The van der Waals surface area contributed by atoms with Gasteiger partial charge in [0.25, 0.3) is 5.91 Å². The van der Waals surface area contributed by atoms with E-state index in [1.165, 1.54) is 12.1 Å². The number of rotatable bonds is 5. The Morgan fingerprint density at radius 3 is 2.69 bits per heavy atom. The van der Waals surface area contributed by atoms with Crippen LogP contribution in [-0.4, -0.2) is 41.2 Å². The Morgan fingerprint density at radius 2 is 1.91 bits per heavy atom. The van der Waals surface area contributed by atoms with E-state index in [2.05, 4.69) is 15.8 Å². The zero-order valence-electron chi connectivity index (χ0n) is 18.1. The molecule has 0 bridgehead atoms. The van der Waals surface area contributed by atoms with Crippen LogP contribution in [-0.2, 0) is 22.7 Å². The summed E-state index contributed by atoms with van der Waals surface area (Å²) >= 11 is 0. The Morgan fingerprint density at radius 1 is 1.12 bits per heavy atom. The van der Waals surface area contributed by atoms with Gasteiger partial charge in [0.2, 0.25) is 0 Å². The molecular formula is C24H27FN4O3. The summed E-state index contributed by atoms with van der Waals surface area (Å²) in [5.74, 6) is -0.589. The molecule has 0 saturated carbocycles. The molecule has 1 saturated heterocycles. The van der Waals surface area contributed by atoms with Gasteiger partial charge in [0.15, 0.2) is 5.60 Å². The molecule has 2 aliphatic heterocycles. The molecule has 1 fully saturated rings. The van der Waals surface area contributed by atoms with Crippen LogP contribution in [0.4, 0.5) is 9.18 Å². The Hall–Kier alpha value is -3.42. The first-order chi connectivity index (χ1) is 15.4. The third kappa shape index (κ3) is 5.25. The van der Waals surface area contributed by atoms with Gasteiger partial charge in [0, 0.05) is 26.1 Å². The van der Waals surface area contributed by atoms with Crippen molar-refractivity contribution in [2.45, 2.75) is 44.9 Å². The molecule has 3 amide bonds. The van der Waals surface area contributed by atoms with E-state index >= 15 is 0 Å². The van der Waals surface area contributed by atoms with Crippen molar-refractivity contribution in [2.75, 3.05) is 13.1 Å². The van der Waals surface area contributed by atoms with Gasteiger partial charge in [-0.05, 0) is 43.0 Å². The number of nitrogens with zero attached hydrogens (tertiary/aromatic N) is 2. The first kappa shape index (κ1) is 21.8. The van der Waals surface area contributed by atoms with Crippen LogP contribution in [0.2, 0.25) is 0 Å². The number of benzene rings is 2. The lowest BCUT2D eigenvalue weighted by atomic mass is 9.88. The minimum absolute atomic E-state index is 0.240. The van der Waals surface area contributed by atoms with Crippen molar-refractivity contribution in [1.29, 1.82) is 0 Å². The van der Waals surface area contributed by atoms with Gasteiger partial charge in [-0.25, -0.2) is 9.18 Å². The van der Waals surface area contributed by atoms with Gasteiger partial charge in [-0.15, -0.1) is 0 Å². The van der Waals surface area contributed by atoms with Crippen LogP contribution >= 0.6 is 0 Å². The number of halogens is 1. The van der Waals surface area contributed by atoms with Crippen molar-refractivity contribution >= 4 is 17.6 Å². The molecule has 1 atom stereocenters. The monoisotopic (exact) mass is 438 g/mol. The molecule has 2 aromatic rings. The first-order valence-electron chi connectivity index (χ1n) is 10.8. The molecule has 1 unspecified atom stereocenters. The molecule has 0 aliphatic carbocycles. The van der Waals surface area contributed by atoms with Gasteiger partial charge in [-0.3, -0.25) is 4.79 Å². The summed E-state index contributed by atoms with van der Waals surface area (Å²) in [4.78, 5) is 32.6. The van der Waals surface area contributed by atoms with Crippen LogP contribution in [0, 0.1) is 12.7 Å². The predicted octanol–water partition coefficient (Wildman–Crippen LogP) is 3.27. The topological polar surface area (TPSA) is 83.0 Å². The second-order valence-electron chi connectivity index (χ2n) is 8.47. The second kappa shape index (κ2) is 9.38. The fourth-order valence-electron chi connectivity index (χ4n) is 4.06. The normalized spacial score (nSPS) is 19.9. The van der Waals surface area contributed by atoms with E-state index in [-0.39, 0.29) is 24.3 Å². The first-order valence-corrected chi connectivity index (χ1v) is 10.8. The van der Waals surface area contributed by atoms with E-state index in [1.54, 1.807) is 17.0 Å². The molecule has 32 heavy (non-hydrogen) atoms. The highest BCUT2D eigenvalue weighted by Crippen LogP contribution is 2.33. The number of piperidine rings is 1. The van der Waals surface area contributed by atoms with Crippen LogP contribution in [0.15, 0.2) is 53.7 Å². The fourth-order valence-corrected chi connectivity index (χ4v) is 4.06. The van der Waals surface area contributed by atoms with Crippen LogP contribution < -0.4 is 10.6 Å². The fraction of sp³-hybridized carbons (Fsp3) is 0.375. The molecule has 2 aliphatic rings. The highest BCUT2D eigenvalue weighted by Gasteiger charge is 2.45. The third-order valence-corrected chi connectivity index (χ3v) is 5.83. The van der Waals surface area contributed by atoms with Gasteiger partial charge in [0.1, 0.15) is 11.5 Å². The Bertz CT molecular complexity index is 1020. The summed E-state index contributed by atoms with van der Waals surface area (Å²) in [6.45, 7) is 3.61. The summed E-state index contributed by atoms with van der Waals surface area (Å²) in [7, 11) is 0. The Labute approximate surface area is 186 Å². The maximum Gasteiger partial charge on any atom is 0.317 e. The highest BCUT2D eigenvalue weighted by molar-refractivity contribution is 6.39. The average molecular weight is 439 g/mol. The van der Waals surface area contributed by atoms with Crippen LogP contribution in [0.5, 0.6) is 0 Å². The average Bonchev–Trinajstić information content (AvgIpc) is 3.20. The molecular weight excluding hydrogens is 411 g/mol. The van der Waals surface area contributed by atoms with Gasteiger partial charge >= 0.3 is 6.03 Å². The van der Waals surface area contributed by atoms with E-state index in [9.17, 15) is 14.0 Å². The number of hydrogen-bond acceptors (Lipinski definition) is 4. The smallest absolute Gasteiger partial charge is 0.317 e. The molecule has 7 nitrogen and oxygen atoms in total. The summed E-state index contributed by atoms with van der Waals surface area (Å²) in [5, 5.41) is 9.75. The lowest BCUT2D eigenvalue weighted by Gasteiger charge is -2.38. The highest BCUT2D eigenvalue weighted by atomic mass is 19.1.